The minimum atomic E-state index is -0.706. The highest BCUT2D eigenvalue weighted by atomic mass is 35.5. The molecule has 0 aliphatic heterocycles. The van der Waals surface area contributed by atoms with E-state index >= 15 is 0 Å². The van der Waals surface area contributed by atoms with E-state index in [2.05, 4.69) is 9.99 Å². The fourth-order valence-electron chi connectivity index (χ4n) is 0.305. The summed E-state index contributed by atoms with van der Waals surface area (Å²) in [5.74, 6) is 0.115. The van der Waals surface area contributed by atoms with E-state index in [-0.39, 0.29) is 12.5 Å². The van der Waals surface area contributed by atoms with Crippen LogP contribution in [0.5, 0.6) is 0 Å². The molecular formula is C6H12ClNO3. The molecule has 0 aliphatic rings. The van der Waals surface area contributed by atoms with E-state index in [9.17, 15) is 0 Å². The number of oxime groups is 1. The number of rotatable bonds is 5. The van der Waals surface area contributed by atoms with Gasteiger partial charge in [0.1, 0.15) is 12.7 Å². The van der Waals surface area contributed by atoms with Crippen molar-refractivity contribution in [2.24, 2.45) is 5.16 Å². The van der Waals surface area contributed by atoms with Crippen LogP contribution in [0, 0.1) is 0 Å². The summed E-state index contributed by atoms with van der Waals surface area (Å²) in [5, 5.41) is 20.9. The van der Waals surface area contributed by atoms with E-state index in [4.69, 9.17) is 21.8 Å². The average molecular weight is 182 g/mol. The van der Waals surface area contributed by atoms with Crippen molar-refractivity contribution in [3.8, 4) is 0 Å². The molecule has 2 N–H and O–H groups in total. The molecule has 2 atom stereocenters. The second-order valence-corrected chi connectivity index (χ2v) is 2.41. The normalized spacial score (nSPS) is 16.7. The van der Waals surface area contributed by atoms with Crippen LogP contribution in [0.25, 0.3) is 0 Å². The van der Waals surface area contributed by atoms with Crippen molar-refractivity contribution < 1.29 is 15.1 Å². The molecule has 0 aromatic rings. The predicted octanol–water partition coefficient (Wildman–Crippen LogP) is -0.0307. The average Bonchev–Trinajstić information content (AvgIpc) is 1.97. The zero-order valence-corrected chi connectivity index (χ0v) is 7.03. The van der Waals surface area contributed by atoms with Gasteiger partial charge in [-0.15, -0.1) is 11.6 Å². The number of nitrogens with zero attached hydrogens (tertiary/aromatic N) is 1. The van der Waals surface area contributed by atoms with Gasteiger partial charge in [0, 0.05) is 0 Å². The first kappa shape index (κ1) is 10.7. The Morgan fingerprint density at radius 1 is 1.64 bits per heavy atom. The summed E-state index contributed by atoms with van der Waals surface area (Å²) in [6, 6.07) is 0. The Balaban J connectivity index is 3.26. The Morgan fingerprint density at radius 3 is 2.73 bits per heavy atom. The standard InChI is InChI=1S/C6H12ClNO3/c1-5(9)3-8-11-4-6(10)2-7/h3,5-6,9-10H,2,4H2,1H3/b8-3+. The lowest BCUT2D eigenvalue weighted by Crippen LogP contribution is -2.15. The van der Waals surface area contributed by atoms with Crippen molar-refractivity contribution >= 4 is 17.8 Å². The molecule has 66 valence electrons. The topological polar surface area (TPSA) is 62.1 Å². The van der Waals surface area contributed by atoms with Gasteiger partial charge in [0.15, 0.2) is 0 Å². The molecule has 0 amide bonds. The van der Waals surface area contributed by atoms with Crippen molar-refractivity contribution in [2.45, 2.75) is 19.1 Å². The van der Waals surface area contributed by atoms with Gasteiger partial charge in [-0.1, -0.05) is 5.16 Å². The quantitative estimate of drug-likeness (QED) is 0.356. The summed E-state index contributed by atoms with van der Waals surface area (Å²) in [7, 11) is 0. The Hall–Kier alpha value is -0.320. The van der Waals surface area contributed by atoms with Crippen LogP contribution in [0.15, 0.2) is 5.16 Å². The number of halogens is 1. The number of aliphatic hydroxyl groups is 2. The molecule has 0 bridgehead atoms. The first-order chi connectivity index (χ1) is 5.16. The van der Waals surface area contributed by atoms with Crippen molar-refractivity contribution in [3.63, 3.8) is 0 Å². The molecule has 0 saturated heterocycles. The van der Waals surface area contributed by atoms with E-state index in [1.807, 2.05) is 0 Å². The minimum Gasteiger partial charge on any atom is -0.393 e. The van der Waals surface area contributed by atoms with Crippen LogP contribution in [0.1, 0.15) is 6.92 Å². The molecule has 0 aliphatic carbocycles. The van der Waals surface area contributed by atoms with E-state index in [1.54, 1.807) is 6.92 Å². The third-order valence-electron chi connectivity index (χ3n) is 0.796. The Morgan fingerprint density at radius 2 is 2.27 bits per heavy atom. The largest absolute Gasteiger partial charge is 0.393 e. The maximum absolute atomic E-state index is 8.83. The summed E-state index contributed by atoms with van der Waals surface area (Å²) < 4.78 is 0. The van der Waals surface area contributed by atoms with E-state index < -0.39 is 12.2 Å². The summed E-state index contributed by atoms with van der Waals surface area (Å²) in [4.78, 5) is 4.57. The fraction of sp³-hybridized carbons (Fsp3) is 0.833. The summed E-state index contributed by atoms with van der Waals surface area (Å²) >= 11 is 5.26. The summed E-state index contributed by atoms with van der Waals surface area (Å²) in [6.07, 6.45) is -0.119. The molecule has 0 spiro atoms. The number of aliphatic hydroxyl groups excluding tert-OH is 2. The van der Waals surface area contributed by atoms with E-state index in [0.29, 0.717) is 0 Å². The molecule has 0 radical (unpaired) electrons. The van der Waals surface area contributed by atoms with E-state index in [1.165, 1.54) is 6.21 Å². The fourth-order valence-corrected chi connectivity index (χ4v) is 0.394. The maximum atomic E-state index is 8.83. The summed E-state index contributed by atoms with van der Waals surface area (Å²) in [6.45, 7) is 1.59. The smallest absolute Gasteiger partial charge is 0.144 e. The first-order valence-corrected chi connectivity index (χ1v) is 3.77. The highest BCUT2D eigenvalue weighted by Gasteiger charge is 2.00. The zero-order valence-electron chi connectivity index (χ0n) is 6.27. The van der Waals surface area contributed by atoms with Gasteiger partial charge in [0.25, 0.3) is 0 Å². The lowest BCUT2D eigenvalue weighted by molar-refractivity contribution is 0.0511. The first-order valence-electron chi connectivity index (χ1n) is 3.24. The molecule has 0 fully saturated rings. The number of alkyl halides is 1. The SMILES string of the molecule is CC(O)/C=N/OCC(O)CCl. The van der Waals surface area contributed by atoms with Crippen LogP contribution in [-0.4, -0.2) is 41.1 Å². The molecule has 0 aromatic heterocycles. The van der Waals surface area contributed by atoms with Crippen molar-refractivity contribution in [1.82, 2.24) is 0 Å². The van der Waals surface area contributed by atoms with Gasteiger partial charge in [-0.05, 0) is 6.92 Å². The molecule has 4 nitrogen and oxygen atoms in total. The lowest BCUT2D eigenvalue weighted by atomic mass is 10.4. The molecule has 5 heteroatoms. The van der Waals surface area contributed by atoms with Crippen LogP contribution in [0.3, 0.4) is 0 Å². The highest BCUT2D eigenvalue weighted by Crippen LogP contribution is 1.88. The molecule has 11 heavy (non-hydrogen) atoms. The second kappa shape index (κ2) is 6.39. The van der Waals surface area contributed by atoms with Crippen LogP contribution in [0.2, 0.25) is 0 Å². The van der Waals surface area contributed by atoms with Gasteiger partial charge in [0.05, 0.1) is 18.2 Å². The maximum Gasteiger partial charge on any atom is 0.144 e. The summed E-state index contributed by atoms with van der Waals surface area (Å²) in [5.41, 5.74) is 0. The molecule has 2 unspecified atom stereocenters. The predicted molar refractivity (Wildman–Crippen MR) is 42.9 cm³/mol. The van der Waals surface area contributed by atoms with Gasteiger partial charge in [-0.2, -0.15) is 0 Å². The molecule has 0 rings (SSSR count). The second-order valence-electron chi connectivity index (χ2n) is 2.10. The van der Waals surface area contributed by atoms with E-state index in [0.717, 1.165) is 0 Å². The molecule has 0 heterocycles. The third-order valence-corrected chi connectivity index (χ3v) is 1.15. The van der Waals surface area contributed by atoms with Crippen molar-refractivity contribution in [1.29, 1.82) is 0 Å². The monoisotopic (exact) mass is 181 g/mol. The van der Waals surface area contributed by atoms with Crippen LogP contribution < -0.4 is 0 Å². The van der Waals surface area contributed by atoms with Crippen LogP contribution in [0.4, 0.5) is 0 Å². The zero-order chi connectivity index (χ0) is 8.69. The molecule has 0 saturated carbocycles. The number of hydrogen-bond acceptors (Lipinski definition) is 4. The van der Waals surface area contributed by atoms with Gasteiger partial charge in [-0.3, -0.25) is 0 Å². The minimum absolute atomic E-state index is 0.0483. The van der Waals surface area contributed by atoms with Gasteiger partial charge in [0.2, 0.25) is 0 Å². The van der Waals surface area contributed by atoms with Crippen molar-refractivity contribution in [2.75, 3.05) is 12.5 Å². The molecular weight excluding hydrogens is 170 g/mol. The Labute approximate surface area is 70.4 Å². The molecule has 0 aromatic carbocycles. The van der Waals surface area contributed by atoms with Crippen LogP contribution >= 0.6 is 11.6 Å². The van der Waals surface area contributed by atoms with Gasteiger partial charge in [-0.25, -0.2) is 0 Å². The highest BCUT2D eigenvalue weighted by molar-refractivity contribution is 6.18. The number of hydrogen-bond donors (Lipinski definition) is 2. The van der Waals surface area contributed by atoms with Crippen LogP contribution in [-0.2, 0) is 4.84 Å². The van der Waals surface area contributed by atoms with Crippen molar-refractivity contribution in [3.05, 3.63) is 0 Å². The third kappa shape index (κ3) is 7.58. The lowest BCUT2D eigenvalue weighted by Gasteiger charge is -2.03. The Bertz CT molecular complexity index is 118. The van der Waals surface area contributed by atoms with Gasteiger partial charge < -0.3 is 15.1 Å². The Kier molecular flexibility index (Phi) is 6.21. The van der Waals surface area contributed by atoms with Gasteiger partial charge >= 0.3 is 0 Å².